The highest BCUT2D eigenvalue weighted by molar-refractivity contribution is 9.10. The van der Waals surface area contributed by atoms with Gasteiger partial charge in [0.2, 0.25) is 5.91 Å². The Kier molecular flexibility index (Phi) is 6.29. The van der Waals surface area contributed by atoms with Crippen molar-refractivity contribution in [2.45, 2.75) is 20.8 Å². The molecule has 0 atom stereocenters. The topological polar surface area (TPSA) is 75.5 Å². The van der Waals surface area contributed by atoms with Gasteiger partial charge in [0.25, 0.3) is 5.91 Å². The number of hydrogen-bond donors (Lipinski definition) is 2. The zero-order chi connectivity index (χ0) is 21.0. The van der Waals surface area contributed by atoms with E-state index in [1.54, 1.807) is 30.5 Å². The highest BCUT2D eigenvalue weighted by Gasteiger charge is 2.10. The normalized spacial score (nSPS) is 10.9. The first-order valence-electron chi connectivity index (χ1n) is 9.01. The number of benzene rings is 2. The van der Waals surface area contributed by atoms with Gasteiger partial charge in [-0.2, -0.15) is 5.10 Å². The summed E-state index contributed by atoms with van der Waals surface area (Å²) in [6.07, 6.45) is 1.63. The minimum atomic E-state index is -0.352. The first kappa shape index (κ1) is 20.5. The van der Waals surface area contributed by atoms with Gasteiger partial charge in [0.15, 0.2) is 0 Å². The summed E-state index contributed by atoms with van der Waals surface area (Å²) in [5, 5.41) is 6.75. The first-order valence-corrected chi connectivity index (χ1v) is 9.80. The van der Waals surface area contributed by atoms with Gasteiger partial charge in [-0.05, 0) is 62.4 Å². The molecule has 2 amide bonds. The van der Waals surface area contributed by atoms with Crippen LogP contribution in [0.5, 0.6) is 0 Å². The molecule has 0 unspecified atom stereocenters. The van der Waals surface area contributed by atoms with Gasteiger partial charge in [-0.3, -0.25) is 9.59 Å². The lowest BCUT2D eigenvalue weighted by molar-refractivity contribution is -0.114. The van der Waals surface area contributed by atoms with Crippen molar-refractivity contribution in [3.05, 3.63) is 81.6 Å². The summed E-state index contributed by atoms with van der Waals surface area (Å²) in [5.41, 5.74) is 7.57. The fourth-order valence-electron chi connectivity index (χ4n) is 3.07. The van der Waals surface area contributed by atoms with Crippen molar-refractivity contribution in [3.63, 3.8) is 0 Å². The van der Waals surface area contributed by atoms with Gasteiger partial charge in [-0.1, -0.05) is 22.0 Å². The number of aromatic nitrogens is 1. The van der Waals surface area contributed by atoms with Crippen LogP contribution in [-0.4, -0.2) is 22.6 Å². The maximum atomic E-state index is 12.3. The number of nitrogens with zero attached hydrogens (tertiary/aromatic N) is 2. The lowest BCUT2D eigenvalue weighted by Crippen LogP contribution is -2.18. The van der Waals surface area contributed by atoms with Gasteiger partial charge in [-0.15, -0.1) is 0 Å². The van der Waals surface area contributed by atoms with Crippen molar-refractivity contribution in [2.24, 2.45) is 5.10 Å². The van der Waals surface area contributed by atoms with Gasteiger partial charge < -0.3 is 9.88 Å². The fourth-order valence-corrected chi connectivity index (χ4v) is 3.34. The van der Waals surface area contributed by atoms with Crippen LogP contribution in [0.25, 0.3) is 5.69 Å². The Bertz CT molecular complexity index is 1080. The number of anilines is 1. The molecule has 0 spiro atoms. The largest absolute Gasteiger partial charge is 0.326 e. The summed E-state index contributed by atoms with van der Waals surface area (Å²) >= 11 is 3.45. The van der Waals surface area contributed by atoms with E-state index in [-0.39, 0.29) is 11.8 Å². The number of rotatable bonds is 5. The average Bonchev–Trinajstić information content (AvgIpc) is 2.96. The predicted molar refractivity (Wildman–Crippen MR) is 119 cm³/mol. The lowest BCUT2D eigenvalue weighted by Gasteiger charge is -2.09. The molecule has 0 aliphatic carbocycles. The molecule has 1 aromatic heterocycles. The Hall–Kier alpha value is -3.19. The molecule has 0 radical (unpaired) electrons. The number of nitrogens with one attached hydrogen (secondary N) is 2. The van der Waals surface area contributed by atoms with Crippen LogP contribution in [0, 0.1) is 13.8 Å². The molecule has 7 heteroatoms. The number of aryl methyl sites for hydroxylation is 1. The summed E-state index contributed by atoms with van der Waals surface area (Å²) in [6, 6.07) is 16.8. The van der Waals surface area contributed by atoms with Gasteiger partial charge >= 0.3 is 0 Å². The van der Waals surface area contributed by atoms with E-state index in [2.05, 4.69) is 36.3 Å². The third kappa shape index (κ3) is 5.00. The van der Waals surface area contributed by atoms with E-state index in [0.717, 1.165) is 27.1 Å². The quantitative estimate of drug-likeness (QED) is 0.439. The number of amides is 2. The highest BCUT2D eigenvalue weighted by Crippen LogP contribution is 2.21. The molecule has 0 aliphatic heterocycles. The minimum Gasteiger partial charge on any atom is -0.326 e. The van der Waals surface area contributed by atoms with E-state index in [9.17, 15) is 9.59 Å². The Labute approximate surface area is 177 Å². The van der Waals surface area contributed by atoms with E-state index in [4.69, 9.17) is 0 Å². The summed E-state index contributed by atoms with van der Waals surface area (Å²) in [5.74, 6) is -0.545. The number of carbonyl (C=O) groups excluding carboxylic acids is 2. The van der Waals surface area contributed by atoms with Crippen LogP contribution in [0.4, 0.5) is 5.69 Å². The maximum Gasteiger partial charge on any atom is 0.271 e. The molecule has 0 saturated carbocycles. The number of halogens is 1. The molecule has 3 aromatic rings. The van der Waals surface area contributed by atoms with Crippen LogP contribution < -0.4 is 10.7 Å². The summed E-state index contributed by atoms with van der Waals surface area (Å²) in [4.78, 5) is 23.5. The summed E-state index contributed by atoms with van der Waals surface area (Å²) in [6.45, 7) is 5.45. The molecule has 3 rings (SSSR count). The van der Waals surface area contributed by atoms with Gasteiger partial charge in [0, 0.05) is 45.3 Å². The van der Waals surface area contributed by atoms with Crippen molar-refractivity contribution in [1.29, 1.82) is 0 Å². The van der Waals surface area contributed by atoms with Crippen LogP contribution >= 0.6 is 15.9 Å². The molecule has 1 heterocycles. The molecule has 0 aliphatic rings. The standard InChI is InChI=1S/C22H21BrN4O2/c1-14-11-18(15(2)27(14)21-9-7-19(23)8-10-21)13-24-26-22(29)17-5-4-6-20(12-17)25-16(3)28/h4-13H,1-3H3,(H,25,28)(H,26,29)/b24-13-. The third-order valence-corrected chi connectivity index (χ3v) is 4.90. The van der Waals surface area contributed by atoms with E-state index >= 15 is 0 Å². The molecule has 2 N–H and O–H groups in total. The lowest BCUT2D eigenvalue weighted by atomic mass is 10.2. The van der Waals surface area contributed by atoms with Crippen LogP contribution in [0.1, 0.15) is 34.2 Å². The van der Waals surface area contributed by atoms with Crippen molar-refractivity contribution in [3.8, 4) is 5.69 Å². The molecule has 0 bridgehead atoms. The highest BCUT2D eigenvalue weighted by atomic mass is 79.9. The van der Waals surface area contributed by atoms with E-state index < -0.39 is 0 Å². The van der Waals surface area contributed by atoms with Crippen molar-refractivity contribution in [1.82, 2.24) is 9.99 Å². The SMILES string of the molecule is CC(=O)Nc1cccc(C(=O)N/N=C\c2cc(C)n(-c3ccc(Br)cc3)c2C)c1. The molecule has 0 saturated heterocycles. The van der Waals surface area contributed by atoms with Crippen LogP contribution in [0.2, 0.25) is 0 Å². The Morgan fingerprint density at radius 1 is 1.07 bits per heavy atom. The molecule has 29 heavy (non-hydrogen) atoms. The zero-order valence-electron chi connectivity index (χ0n) is 16.4. The van der Waals surface area contributed by atoms with Crippen molar-refractivity contribution >= 4 is 39.6 Å². The van der Waals surface area contributed by atoms with Crippen LogP contribution in [0.15, 0.2) is 64.2 Å². The first-order chi connectivity index (χ1) is 13.8. The zero-order valence-corrected chi connectivity index (χ0v) is 17.9. The van der Waals surface area contributed by atoms with Crippen molar-refractivity contribution in [2.75, 3.05) is 5.32 Å². The van der Waals surface area contributed by atoms with E-state index in [1.807, 2.05) is 44.2 Å². The fraction of sp³-hybridized carbons (Fsp3) is 0.136. The predicted octanol–water partition coefficient (Wildman–Crippen LogP) is 4.58. The van der Waals surface area contributed by atoms with E-state index in [1.165, 1.54) is 6.92 Å². The molecular formula is C22H21BrN4O2. The molecule has 0 fully saturated rings. The Morgan fingerprint density at radius 2 is 1.79 bits per heavy atom. The average molecular weight is 453 g/mol. The molecule has 2 aromatic carbocycles. The van der Waals surface area contributed by atoms with Gasteiger partial charge in [0.1, 0.15) is 0 Å². The van der Waals surface area contributed by atoms with Crippen LogP contribution in [0.3, 0.4) is 0 Å². The summed E-state index contributed by atoms with van der Waals surface area (Å²) in [7, 11) is 0. The Balaban J connectivity index is 1.74. The summed E-state index contributed by atoms with van der Waals surface area (Å²) < 4.78 is 3.16. The van der Waals surface area contributed by atoms with Gasteiger partial charge in [0.05, 0.1) is 6.21 Å². The second kappa shape index (κ2) is 8.87. The van der Waals surface area contributed by atoms with Gasteiger partial charge in [-0.25, -0.2) is 5.43 Å². The second-order valence-electron chi connectivity index (χ2n) is 6.60. The second-order valence-corrected chi connectivity index (χ2v) is 7.52. The van der Waals surface area contributed by atoms with Crippen LogP contribution in [-0.2, 0) is 4.79 Å². The van der Waals surface area contributed by atoms with E-state index in [0.29, 0.717) is 11.3 Å². The maximum absolute atomic E-state index is 12.3. The molecule has 6 nitrogen and oxygen atoms in total. The third-order valence-electron chi connectivity index (χ3n) is 4.37. The Morgan fingerprint density at radius 3 is 2.48 bits per heavy atom. The molecule has 148 valence electrons. The smallest absolute Gasteiger partial charge is 0.271 e. The number of hydrazone groups is 1. The monoisotopic (exact) mass is 452 g/mol. The van der Waals surface area contributed by atoms with Crippen molar-refractivity contribution < 1.29 is 9.59 Å². The number of hydrogen-bond acceptors (Lipinski definition) is 3. The minimum absolute atomic E-state index is 0.193. The molecular weight excluding hydrogens is 432 g/mol. The number of carbonyl (C=O) groups is 2.